The van der Waals surface area contributed by atoms with Crippen molar-refractivity contribution < 1.29 is 4.74 Å². The lowest BCUT2D eigenvalue weighted by atomic mass is 9.97. The van der Waals surface area contributed by atoms with E-state index in [1.807, 2.05) is 6.92 Å². The molecule has 0 fully saturated rings. The zero-order valence-corrected chi connectivity index (χ0v) is 10.1. The van der Waals surface area contributed by atoms with Crippen molar-refractivity contribution in [2.24, 2.45) is 0 Å². The normalized spacial score (nSPS) is 19.0. The van der Waals surface area contributed by atoms with E-state index >= 15 is 0 Å². The summed E-state index contributed by atoms with van der Waals surface area (Å²) in [5.41, 5.74) is 4.11. The number of ether oxygens (including phenoxy) is 1. The first-order valence-electron chi connectivity index (χ1n) is 5.61. The summed E-state index contributed by atoms with van der Waals surface area (Å²) < 4.78 is 5.65. The van der Waals surface area contributed by atoms with Crippen LogP contribution in [-0.2, 0) is 12.3 Å². The Morgan fingerprint density at radius 2 is 2.27 bits per heavy atom. The van der Waals surface area contributed by atoms with Crippen molar-refractivity contribution in [1.82, 2.24) is 0 Å². The molecule has 1 aliphatic carbocycles. The summed E-state index contributed by atoms with van der Waals surface area (Å²) in [6.45, 7) is 5.04. The smallest absolute Gasteiger partial charge is 0.122 e. The average molecular weight is 225 g/mol. The number of alkyl halides is 1. The molecular formula is C13H17ClO. The van der Waals surface area contributed by atoms with Crippen molar-refractivity contribution in [1.29, 1.82) is 0 Å². The number of hydrogen-bond acceptors (Lipinski definition) is 1. The minimum Gasteiger partial charge on any atom is -0.494 e. The van der Waals surface area contributed by atoms with E-state index in [1.165, 1.54) is 23.1 Å². The second kappa shape index (κ2) is 4.44. The zero-order chi connectivity index (χ0) is 10.8. The van der Waals surface area contributed by atoms with Crippen LogP contribution in [0.4, 0.5) is 0 Å². The van der Waals surface area contributed by atoms with Gasteiger partial charge in [0.05, 0.1) is 6.61 Å². The summed E-state index contributed by atoms with van der Waals surface area (Å²) in [6.07, 6.45) is 2.36. The van der Waals surface area contributed by atoms with Crippen LogP contribution in [0.15, 0.2) is 12.1 Å². The van der Waals surface area contributed by atoms with Crippen LogP contribution in [0, 0.1) is 0 Å². The Labute approximate surface area is 96.4 Å². The predicted molar refractivity (Wildman–Crippen MR) is 63.9 cm³/mol. The number of halogens is 1. The molecule has 0 radical (unpaired) electrons. The lowest BCUT2D eigenvalue weighted by molar-refractivity contribution is 0.337. The lowest BCUT2D eigenvalue weighted by Gasteiger charge is -2.14. The van der Waals surface area contributed by atoms with Crippen molar-refractivity contribution in [2.45, 2.75) is 38.5 Å². The van der Waals surface area contributed by atoms with Crippen LogP contribution in [0.25, 0.3) is 0 Å². The van der Waals surface area contributed by atoms with Gasteiger partial charge in [-0.1, -0.05) is 13.0 Å². The third-order valence-corrected chi connectivity index (χ3v) is 3.46. The van der Waals surface area contributed by atoms with Gasteiger partial charge >= 0.3 is 0 Å². The van der Waals surface area contributed by atoms with Gasteiger partial charge in [0.25, 0.3) is 0 Å². The maximum absolute atomic E-state index is 5.96. The first kappa shape index (κ1) is 10.8. The van der Waals surface area contributed by atoms with E-state index in [4.69, 9.17) is 16.3 Å². The minimum atomic E-state index is 0.610. The largest absolute Gasteiger partial charge is 0.494 e. The highest BCUT2D eigenvalue weighted by Crippen LogP contribution is 2.40. The predicted octanol–water partition coefficient (Wildman–Crippen LogP) is 3.87. The second-order valence-corrected chi connectivity index (χ2v) is 4.39. The second-order valence-electron chi connectivity index (χ2n) is 4.12. The molecule has 2 rings (SSSR count). The first-order valence-corrected chi connectivity index (χ1v) is 6.14. The molecule has 0 amide bonds. The molecule has 1 unspecified atom stereocenters. The van der Waals surface area contributed by atoms with E-state index in [0.29, 0.717) is 11.8 Å². The van der Waals surface area contributed by atoms with E-state index < -0.39 is 0 Å². The lowest BCUT2D eigenvalue weighted by Crippen LogP contribution is -1.99. The molecule has 1 atom stereocenters. The highest BCUT2D eigenvalue weighted by atomic mass is 35.5. The molecule has 0 heterocycles. The summed E-state index contributed by atoms with van der Waals surface area (Å²) in [4.78, 5) is 0. The maximum Gasteiger partial charge on any atom is 0.122 e. The molecule has 0 aromatic heterocycles. The van der Waals surface area contributed by atoms with Gasteiger partial charge in [-0.3, -0.25) is 0 Å². The van der Waals surface area contributed by atoms with Gasteiger partial charge in [0.15, 0.2) is 0 Å². The SMILES string of the molecule is CCOc1ccc(CCl)c2c1CCC2C. The number of rotatable bonds is 3. The van der Waals surface area contributed by atoms with E-state index in [9.17, 15) is 0 Å². The monoisotopic (exact) mass is 224 g/mol. The highest BCUT2D eigenvalue weighted by molar-refractivity contribution is 6.17. The molecule has 0 saturated heterocycles. The molecule has 0 aliphatic heterocycles. The average Bonchev–Trinajstić information content (AvgIpc) is 2.63. The van der Waals surface area contributed by atoms with Crippen molar-refractivity contribution >= 4 is 11.6 Å². The molecule has 0 saturated carbocycles. The quantitative estimate of drug-likeness (QED) is 0.709. The summed E-state index contributed by atoms with van der Waals surface area (Å²) in [7, 11) is 0. The van der Waals surface area contributed by atoms with E-state index in [2.05, 4.69) is 19.1 Å². The summed E-state index contributed by atoms with van der Waals surface area (Å²) in [5.74, 6) is 2.30. The Bertz CT molecular complexity index is 360. The van der Waals surface area contributed by atoms with Gasteiger partial charge in [-0.2, -0.15) is 0 Å². The van der Waals surface area contributed by atoms with Gasteiger partial charge in [-0.05, 0) is 48.4 Å². The van der Waals surface area contributed by atoms with Gasteiger partial charge in [0, 0.05) is 5.88 Å². The summed E-state index contributed by atoms with van der Waals surface area (Å²) in [5, 5.41) is 0. The number of benzene rings is 1. The maximum atomic E-state index is 5.96. The Balaban J connectivity index is 2.47. The van der Waals surface area contributed by atoms with Crippen LogP contribution >= 0.6 is 11.6 Å². The fraction of sp³-hybridized carbons (Fsp3) is 0.538. The molecule has 1 nitrogen and oxygen atoms in total. The van der Waals surface area contributed by atoms with Gasteiger partial charge in [-0.15, -0.1) is 11.6 Å². The number of fused-ring (bicyclic) bond motifs is 1. The topological polar surface area (TPSA) is 9.23 Å². The molecule has 0 N–H and O–H groups in total. The third-order valence-electron chi connectivity index (χ3n) is 3.17. The first-order chi connectivity index (χ1) is 7.27. The van der Waals surface area contributed by atoms with Gasteiger partial charge < -0.3 is 4.74 Å². The zero-order valence-electron chi connectivity index (χ0n) is 9.35. The van der Waals surface area contributed by atoms with E-state index in [-0.39, 0.29) is 0 Å². The third kappa shape index (κ3) is 1.85. The molecule has 0 bridgehead atoms. The Kier molecular flexibility index (Phi) is 3.20. The van der Waals surface area contributed by atoms with Crippen molar-refractivity contribution in [2.75, 3.05) is 6.61 Å². The van der Waals surface area contributed by atoms with Crippen molar-refractivity contribution in [3.8, 4) is 5.75 Å². The fourth-order valence-corrected chi connectivity index (χ4v) is 2.71. The Morgan fingerprint density at radius 1 is 1.47 bits per heavy atom. The van der Waals surface area contributed by atoms with Crippen LogP contribution < -0.4 is 4.74 Å². The summed E-state index contributed by atoms with van der Waals surface area (Å²) in [6, 6.07) is 4.18. The Hall–Kier alpha value is -0.690. The fourth-order valence-electron chi connectivity index (χ4n) is 2.48. The number of hydrogen-bond donors (Lipinski definition) is 0. The van der Waals surface area contributed by atoms with Crippen LogP contribution in [-0.4, -0.2) is 6.61 Å². The van der Waals surface area contributed by atoms with E-state index in [1.54, 1.807) is 0 Å². The van der Waals surface area contributed by atoms with Crippen LogP contribution in [0.1, 0.15) is 42.9 Å². The standard InChI is InChI=1S/C13H17ClO/c1-3-15-12-7-5-10(8-14)13-9(2)4-6-11(12)13/h5,7,9H,3-4,6,8H2,1-2H3. The van der Waals surface area contributed by atoms with Crippen LogP contribution in [0.2, 0.25) is 0 Å². The highest BCUT2D eigenvalue weighted by Gasteiger charge is 2.24. The van der Waals surface area contributed by atoms with Crippen LogP contribution in [0.3, 0.4) is 0 Å². The van der Waals surface area contributed by atoms with Gasteiger partial charge in [0.1, 0.15) is 5.75 Å². The van der Waals surface area contributed by atoms with Gasteiger partial charge in [-0.25, -0.2) is 0 Å². The molecule has 1 aliphatic rings. The molecule has 1 aromatic carbocycles. The molecule has 2 heteroatoms. The molecule has 1 aromatic rings. The van der Waals surface area contributed by atoms with Crippen molar-refractivity contribution in [3.63, 3.8) is 0 Å². The van der Waals surface area contributed by atoms with Gasteiger partial charge in [0.2, 0.25) is 0 Å². The van der Waals surface area contributed by atoms with Crippen molar-refractivity contribution in [3.05, 3.63) is 28.8 Å². The van der Waals surface area contributed by atoms with E-state index in [0.717, 1.165) is 18.8 Å². The minimum absolute atomic E-state index is 0.610. The summed E-state index contributed by atoms with van der Waals surface area (Å²) >= 11 is 5.96. The molecular weight excluding hydrogens is 208 g/mol. The Morgan fingerprint density at radius 3 is 2.93 bits per heavy atom. The molecule has 0 spiro atoms. The van der Waals surface area contributed by atoms with Crippen LogP contribution in [0.5, 0.6) is 5.75 Å². The molecule has 82 valence electrons. The molecule has 15 heavy (non-hydrogen) atoms.